The molecule has 2 aliphatic rings. The molecule has 0 amide bonds. The molecule has 1 aromatic rings. The second kappa shape index (κ2) is 5.81. The van der Waals surface area contributed by atoms with E-state index in [4.69, 9.17) is 9.15 Å². The fraction of sp³-hybridized carbons (Fsp3) is 0.688. The lowest BCUT2D eigenvalue weighted by Crippen LogP contribution is -2.38. The van der Waals surface area contributed by atoms with Crippen LogP contribution in [0.4, 0.5) is 0 Å². The van der Waals surface area contributed by atoms with E-state index in [2.05, 4.69) is 10.2 Å². The van der Waals surface area contributed by atoms with E-state index >= 15 is 0 Å². The summed E-state index contributed by atoms with van der Waals surface area (Å²) in [5.41, 5.74) is 1.04. The van der Waals surface area contributed by atoms with Crippen LogP contribution in [0.3, 0.4) is 0 Å². The Balaban J connectivity index is 1.64. The van der Waals surface area contributed by atoms with Crippen molar-refractivity contribution in [1.82, 2.24) is 10.2 Å². The van der Waals surface area contributed by atoms with Crippen LogP contribution in [-0.4, -0.2) is 44.2 Å². The number of likely N-dealkylation sites (tertiary alicyclic amines) is 1. The topological polar surface area (TPSA) is 54.7 Å². The summed E-state index contributed by atoms with van der Waals surface area (Å²) < 4.78 is 10.5. The van der Waals surface area contributed by atoms with Gasteiger partial charge in [-0.05, 0) is 57.3 Å². The van der Waals surface area contributed by atoms with Crippen molar-refractivity contribution < 1.29 is 13.9 Å². The number of carbonyl (C=O) groups excluding carboxylic acids is 1. The first-order valence-electron chi connectivity index (χ1n) is 7.73. The molecule has 1 N–H and O–H groups in total. The van der Waals surface area contributed by atoms with Crippen LogP contribution in [0, 0.1) is 12.3 Å². The minimum absolute atomic E-state index is 0.321. The number of hydrogen-bond acceptors (Lipinski definition) is 5. The molecule has 0 aliphatic carbocycles. The highest BCUT2D eigenvalue weighted by molar-refractivity contribution is 5.90. The number of aryl methyl sites for hydroxylation is 1. The summed E-state index contributed by atoms with van der Waals surface area (Å²) in [4.78, 5) is 14.1. The van der Waals surface area contributed by atoms with Gasteiger partial charge in [-0.25, -0.2) is 4.79 Å². The molecule has 0 unspecified atom stereocenters. The van der Waals surface area contributed by atoms with Crippen molar-refractivity contribution in [3.05, 3.63) is 23.2 Å². The molecule has 1 aromatic heterocycles. The van der Waals surface area contributed by atoms with Crippen molar-refractivity contribution >= 4 is 5.97 Å². The first-order valence-corrected chi connectivity index (χ1v) is 7.73. The van der Waals surface area contributed by atoms with Crippen LogP contribution in [-0.2, 0) is 11.3 Å². The number of ether oxygens (including phenoxy) is 1. The average Bonchev–Trinajstić information content (AvgIpc) is 3.03. The average molecular weight is 292 g/mol. The van der Waals surface area contributed by atoms with Crippen LogP contribution in [0.5, 0.6) is 0 Å². The zero-order valence-corrected chi connectivity index (χ0v) is 12.9. The Hall–Kier alpha value is -1.33. The second-order valence-corrected chi connectivity index (χ2v) is 6.38. The molecular formula is C16H24N2O3. The molecule has 1 spiro atoms. The summed E-state index contributed by atoms with van der Waals surface area (Å²) in [6.45, 7) is 7.14. The lowest BCUT2D eigenvalue weighted by Gasteiger charge is -2.33. The van der Waals surface area contributed by atoms with Crippen LogP contribution in [0.25, 0.3) is 0 Å². The normalized spacial score (nSPS) is 21.8. The minimum atomic E-state index is -0.321. The Morgan fingerprint density at radius 3 is 2.90 bits per heavy atom. The maximum atomic E-state index is 11.6. The second-order valence-electron chi connectivity index (χ2n) is 6.38. The summed E-state index contributed by atoms with van der Waals surface area (Å²) in [5.74, 6) is 1.19. The van der Waals surface area contributed by atoms with E-state index in [0.29, 0.717) is 16.7 Å². The van der Waals surface area contributed by atoms with Crippen LogP contribution in [0.1, 0.15) is 41.1 Å². The fourth-order valence-electron chi connectivity index (χ4n) is 3.68. The zero-order chi connectivity index (χ0) is 14.9. The monoisotopic (exact) mass is 292 g/mol. The van der Waals surface area contributed by atoms with Gasteiger partial charge in [-0.15, -0.1) is 0 Å². The van der Waals surface area contributed by atoms with Gasteiger partial charge >= 0.3 is 5.97 Å². The highest BCUT2D eigenvalue weighted by atomic mass is 16.5. The SMILES string of the molecule is COC(=O)c1cc(CN2CCC3(CCNCC3)C2)oc1C. The Labute approximate surface area is 125 Å². The summed E-state index contributed by atoms with van der Waals surface area (Å²) in [7, 11) is 1.40. The summed E-state index contributed by atoms with van der Waals surface area (Å²) >= 11 is 0. The molecule has 0 radical (unpaired) electrons. The third-order valence-electron chi connectivity index (χ3n) is 4.94. The molecule has 2 saturated heterocycles. The number of furan rings is 1. The van der Waals surface area contributed by atoms with Crippen molar-refractivity contribution in [1.29, 1.82) is 0 Å². The summed E-state index contributed by atoms with van der Waals surface area (Å²) in [5, 5.41) is 3.44. The quantitative estimate of drug-likeness (QED) is 0.863. The Bertz CT molecular complexity index is 518. The fourth-order valence-corrected chi connectivity index (χ4v) is 3.68. The predicted molar refractivity (Wildman–Crippen MR) is 79.2 cm³/mol. The highest BCUT2D eigenvalue weighted by Gasteiger charge is 2.38. The number of esters is 1. The van der Waals surface area contributed by atoms with Crippen molar-refractivity contribution in [2.45, 2.75) is 32.7 Å². The highest BCUT2D eigenvalue weighted by Crippen LogP contribution is 2.39. The minimum Gasteiger partial charge on any atom is -0.465 e. The third-order valence-corrected chi connectivity index (χ3v) is 4.94. The standard InChI is InChI=1S/C16H24N2O3/c1-12-14(15(19)20-2)9-13(21-12)10-18-8-5-16(11-18)3-6-17-7-4-16/h9,17H,3-8,10-11H2,1-2H3. The largest absolute Gasteiger partial charge is 0.465 e. The van der Waals surface area contributed by atoms with Gasteiger partial charge in [0, 0.05) is 6.54 Å². The van der Waals surface area contributed by atoms with E-state index in [0.717, 1.165) is 38.5 Å². The first kappa shape index (κ1) is 14.6. The van der Waals surface area contributed by atoms with Crippen molar-refractivity contribution in [2.75, 3.05) is 33.3 Å². The van der Waals surface area contributed by atoms with Crippen molar-refractivity contribution in [2.24, 2.45) is 5.41 Å². The van der Waals surface area contributed by atoms with Crippen LogP contribution in [0.2, 0.25) is 0 Å². The van der Waals surface area contributed by atoms with E-state index in [9.17, 15) is 4.79 Å². The maximum Gasteiger partial charge on any atom is 0.341 e. The van der Waals surface area contributed by atoms with Gasteiger partial charge in [0.1, 0.15) is 17.1 Å². The van der Waals surface area contributed by atoms with E-state index in [1.54, 1.807) is 0 Å². The maximum absolute atomic E-state index is 11.6. The van der Waals surface area contributed by atoms with Crippen molar-refractivity contribution in [3.8, 4) is 0 Å². The number of nitrogens with one attached hydrogen (secondary N) is 1. The molecule has 2 aliphatic heterocycles. The smallest absolute Gasteiger partial charge is 0.341 e. The van der Waals surface area contributed by atoms with Gasteiger partial charge in [0.05, 0.1) is 13.7 Å². The third kappa shape index (κ3) is 2.99. The first-order chi connectivity index (χ1) is 10.1. The molecule has 2 fully saturated rings. The van der Waals surface area contributed by atoms with Gasteiger partial charge in [-0.1, -0.05) is 0 Å². The molecule has 0 atom stereocenters. The van der Waals surface area contributed by atoms with Gasteiger partial charge in [-0.3, -0.25) is 4.90 Å². The van der Waals surface area contributed by atoms with Crippen LogP contribution in [0.15, 0.2) is 10.5 Å². The molecule has 116 valence electrons. The zero-order valence-electron chi connectivity index (χ0n) is 12.9. The number of nitrogens with zero attached hydrogens (tertiary/aromatic N) is 1. The van der Waals surface area contributed by atoms with E-state index in [-0.39, 0.29) is 5.97 Å². The Morgan fingerprint density at radius 1 is 1.43 bits per heavy atom. The lowest BCUT2D eigenvalue weighted by atomic mass is 9.78. The summed E-state index contributed by atoms with van der Waals surface area (Å²) in [6.07, 6.45) is 3.82. The molecule has 21 heavy (non-hydrogen) atoms. The Kier molecular flexibility index (Phi) is 4.04. The number of hydrogen-bond donors (Lipinski definition) is 1. The van der Waals surface area contributed by atoms with Gasteiger partial charge in [0.2, 0.25) is 0 Å². The number of methoxy groups -OCH3 is 1. The number of piperidine rings is 1. The predicted octanol–water partition coefficient (Wildman–Crippen LogP) is 1.95. The van der Waals surface area contributed by atoms with E-state index < -0.39 is 0 Å². The molecule has 5 heteroatoms. The molecule has 5 nitrogen and oxygen atoms in total. The van der Waals surface area contributed by atoms with Gasteiger partial charge < -0.3 is 14.5 Å². The van der Waals surface area contributed by atoms with Crippen LogP contribution < -0.4 is 5.32 Å². The number of rotatable bonds is 3. The molecule has 3 heterocycles. The lowest BCUT2D eigenvalue weighted by molar-refractivity contribution is 0.0599. The van der Waals surface area contributed by atoms with Gasteiger partial charge in [0.25, 0.3) is 0 Å². The van der Waals surface area contributed by atoms with Crippen LogP contribution >= 0.6 is 0 Å². The van der Waals surface area contributed by atoms with E-state index in [1.807, 2.05) is 13.0 Å². The summed E-state index contributed by atoms with van der Waals surface area (Å²) in [6, 6.07) is 1.83. The van der Waals surface area contributed by atoms with Gasteiger partial charge in [0.15, 0.2) is 0 Å². The Morgan fingerprint density at radius 2 is 2.19 bits per heavy atom. The molecular weight excluding hydrogens is 268 g/mol. The molecule has 0 saturated carbocycles. The van der Waals surface area contributed by atoms with Crippen molar-refractivity contribution in [3.63, 3.8) is 0 Å². The number of carbonyl (C=O) groups is 1. The molecule has 0 bridgehead atoms. The van der Waals surface area contributed by atoms with Gasteiger partial charge in [-0.2, -0.15) is 0 Å². The molecule has 3 rings (SSSR count). The van der Waals surface area contributed by atoms with E-state index in [1.165, 1.54) is 26.4 Å². The molecule has 0 aromatic carbocycles.